The van der Waals surface area contributed by atoms with Gasteiger partial charge < -0.3 is 9.80 Å². The van der Waals surface area contributed by atoms with E-state index in [1.807, 2.05) is 22.7 Å². The summed E-state index contributed by atoms with van der Waals surface area (Å²) in [6.45, 7) is 4.58. The normalized spacial score (nSPS) is 11.3. The molecule has 0 atom stereocenters. The second-order valence-corrected chi connectivity index (χ2v) is 24.9. The monoisotopic (exact) mass is 1160 g/mol. The Bertz CT molecular complexity index is 3700. The van der Waals surface area contributed by atoms with Crippen molar-refractivity contribution in [3.8, 4) is 65.6 Å². The van der Waals surface area contributed by atoms with Crippen molar-refractivity contribution < 1.29 is 0 Å². The molecule has 0 aliphatic carbocycles. The van der Waals surface area contributed by atoms with Crippen molar-refractivity contribution in [2.24, 2.45) is 0 Å². The van der Waals surface area contributed by atoms with E-state index in [1.165, 1.54) is 96.6 Å². The van der Waals surface area contributed by atoms with Crippen molar-refractivity contribution in [1.29, 1.82) is 0 Å². The minimum atomic E-state index is 0.872. The Hall–Kier alpha value is -8.68. The Balaban J connectivity index is 0.929. The van der Waals surface area contributed by atoms with Gasteiger partial charge >= 0.3 is 0 Å². The Labute approximate surface area is 518 Å². The maximum absolute atomic E-state index is 5.88. The minimum absolute atomic E-state index is 0.872. The molecule has 0 bridgehead atoms. The molecule has 0 aliphatic heterocycles. The SMILES string of the molecule is CCCCCCCCc1ccc(-c2ccc(-c3ccc(CCCCCCCC)s3)c3nc(-c4ccc(-c5ccc(N(c6ccccc6)c6ccccc6)cc5)cc4)c(-c4ccc(-c5ccc(N(c6ccccc6)c6ccccc6)cc5)cc4)nc23)s1. The number of aryl methyl sites for hydroxylation is 2. The molecule has 3 heterocycles. The average Bonchev–Trinajstić information content (AvgIpc) is 1.52. The lowest BCUT2D eigenvalue weighted by Gasteiger charge is -2.25. The Morgan fingerprint density at radius 2 is 0.547 bits per heavy atom. The largest absolute Gasteiger partial charge is 0.311 e. The van der Waals surface area contributed by atoms with Crippen LogP contribution < -0.4 is 9.80 Å². The smallest absolute Gasteiger partial charge is 0.0988 e. The molecule has 12 rings (SSSR count). The maximum atomic E-state index is 5.88. The van der Waals surface area contributed by atoms with Crippen LogP contribution in [0, 0.1) is 0 Å². The highest BCUT2D eigenvalue weighted by Crippen LogP contribution is 2.44. The third-order valence-electron chi connectivity index (χ3n) is 16.5. The number of hydrogen-bond donors (Lipinski definition) is 0. The van der Waals surface area contributed by atoms with Gasteiger partial charge in [-0.1, -0.05) is 236 Å². The van der Waals surface area contributed by atoms with Crippen molar-refractivity contribution in [3.05, 3.63) is 265 Å². The molecule has 0 spiro atoms. The van der Waals surface area contributed by atoms with Crippen LogP contribution in [0.3, 0.4) is 0 Å². The lowest BCUT2D eigenvalue weighted by atomic mass is 9.97. The first kappa shape index (κ1) is 57.7. The third kappa shape index (κ3) is 13.7. The molecule has 9 aromatic carbocycles. The summed E-state index contributed by atoms with van der Waals surface area (Å²) < 4.78 is 0. The van der Waals surface area contributed by atoms with Crippen LogP contribution in [0.5, 0.6) is 0 Å². The van der Waals surface area contributed by atoms with Crippen LogP contribution in [0.25, 0.3) is 76.7 Å². The molecule has 12 aromatic rings. The minimum Gasteiger partial charge on any atom is -0.311 e. The van der Waals surface area contributed by atoms with Crippen molar-refractivity contribution in [1.82, 2.24) is 9.97 Å². The van der Waals surface area contributed by atoms with Crippen LogP contribution in [0.15, 0.2) is 255 Å². The highest BCUT2D eigenvalue weighted by Gasteiger charge is 2.22. The van der Waals surface area contributed by atoms with Crippen LogP contribution in [0.2, 0.25) is 0 Å². The van der Waals surface area contributed by atoms with E-state index >= 15 is 0 Å². The third-order valence-corrected chi connectivity index (χ3v) is 18.9. The number of unbranched alkanes of at least 4 members (excludes halogenated alkanes) is 10. The second kappa shape index (κ2) is 28.5. The van der Waals surface area contributed by atoms with Crippen LogP contribution in [0.4, 0.5) is 34.1 Å². The molecule has 0 saturated heterocycles. The molecule has 0 saturated carbocycles. The van der Waals surface area contributed by atoms with Gasteiger partial charge in [0, 0.05) is 75.9 Å². The number of hydrogen-bond acceptors (Lipinski definition) is 6. The molecule has 0 amide bonds. The number of rotatable bonds is 26. The molecule has 0 fully saturated rings. The number of aromatic nitrogens is 2. The summed E-state index contributed by atoms with van der Waals surface area (Å²) in [6, 6.07) is 92.2. The fourth-order valence-corrected chi connectivity index (χ4v) is 14.0. The van der Waals surface area contributed by atoms with E-state index in [0.29, 0.717) is 0 Å². The molecule has 6 heteroatoms. The molecule has 0 N–H and O–H groups in total. The van der Waals surface area contributed by atoms with Gasteiger partial charge in [0.1, 0.15) is 0 Å². The molecule has 0 radical (unpaired) electrons. The number of thiophene rings is 2. The van der Waals surface area contributed by atoms with Gasteiger partial charge in [-0.15, -0.1) is 22.7 Å². The molecule has 0 unspecified atom stereocenters. The highest BCUT2D eigenvalue weighted by molar-refractivity contribution is 7.16. The van der Waals surface area contributed by atoms with E-state index in [4.69, 9.17) is 9.97 Å². The first-order chi connectivity index (χ1) is 42.6. The van der Waals surface area contributed by atoms with Crippen molar-refractivity contribution in [3.63, 3.8) is 0 Å². The van der Waals surface area contributed by atoms with Gasteiger partial charge in [-0.05, 0) is 145 Å². The van der Waals surface area contributed by atoms with Crippen LogP contribution in [0.1, 0.15) is 101 Å². The van der Waals surface area contributed by atoms with Gasteiger partial charge in [-0.2, -0.15) is 0 Å². The molecule has 4 nitrogen and oxygen atoms in total. The van der Waals surface area contributed by atoms with Gasteiger partial charge in [0.15, 0.2) is 0 Å². The summed E-state index contributed by atoms with van der Waals surface area (Å²) in [7, 11) is 0. The van der Waals surface area contributed by atoms with E-state index < -0.39 is 0 Å². The van der Waals surface area contributed by atoms with Crippen molar-refractivity contribution in [2.75, 3.05) is 9.80 Å². The number of anilines is 6. The van der Waals surface area contributed by atoms with Crippen LogP contribution in [-0.4, -0.2) is 9.97 Å². The molecule has 3 aromatic heterocycles. The molecule has 428 valence electrons. The Morgan fingerprint density at radius 3 is 0.872 bits per heavy atom. The van der Waals surface area contributed by atoms with Gasteiger partial charge in [0.05, 0.1) is 22.4 Å². The summed E-state index contributed by atoms with van der Waals surface area (Å²) >= 11 is 3.84. The molecule has 0 aliphatic rings. The first-order valence-corrected chi connectivity index (χ1v) is 33.0. The zero-order valence-corrected chi connectivity index (χ0v) is 51.4. The lowest BCUT2D eigenvalue weighted by Crippen LogP contribution is -2.09. The quantitative estimate of drug-likeness (QED) is 0.0506. The maximum Gasteiger partial charge on any atom is 0.0988 e. The zero-order valence-electron chi connectivity index (χ0n) is 49.8. The highest BCUT2D eigenvalue weighted by atomic mass is 32.1. The molecule has 86 heavy (non-hydrogen) atoms. The molecular weight excluding hydrogens is 1080 g/mol. The van der Waals surface area contributed by atoms with Gasteiger partial charge in [0.25, 0.3) is 0 Å². The van der Waals surface area contributed by atoms with Gasteiger partial charge in [-0.3, -0.25) is 0 Å². The van der Waals surface area contributed by atoms with E-state index in [9.17, 15) is 0 Å². The summed E-state index contributed by atoms with van der Waals surface area (Å²) in [6.07, 6.45) is 17.7. The summed E-state index contributed by atoms with van der Waals surface area (Å²) in [5, 5.41) is 0. The molecular formula is C80H76N4S2. The lowest BCUT2D eigenvalue weighted by molar-refractivity contribution is 0.609. The second-order valence-electron chi connectivity index (χ2n) is 22.6. The van der Waals surface area contributed by atoms with Crippen molar-refractivity contribution in [2.45, 2.75) is 104 Å². The van der Waals surface area contributed by atoms with E-state index in [1.54, 1.807) is 0 Å². The van der Waals surface area contributed by atoms with Gasteiger partial charge in [-0.25, -0.2) is 9.97 Å². The number of benzene rings is 9. The summed E-state index contributed by atoms with van der Waals surface area (Å²) in [4.78, 5) is 21.7. The van der Waals surface area contributed by atoms with E-state index in [-0.39, 0.29) is 0 Å². The first-order valence-electron chi connectivity index (χ1n) is 31.3. The number of nitrogens with zero attached hydrogens (tertiary/aromatic N) is 4. The fraction of sp³-hybridized carbons (Fsp3) is 0.200. The predicted octanol–water partition coefficient (Wildman–Crippen LogP) is 24.5. The Morgan fingerprint density at radius 1 is 0.267 bits per heavy atom. The van der Waals surface area contributed by atoms with E-state index in [0.717, 1.165) is 114 Å². The average molecular weight is 1160 g/mol. The number of fused-ring (bicyclic) bond motifs is 1. The summed E-state index contributed by atoms with van der Waals surface area (Å²) in [5.74, 6) is 0. The van der Waals surface area contributed by atoms with Crippen LogP contribution >= 0.6 is 22.7 Å². The predicted molar refractivity (Wildman–Crippen MR) is 371 cm³/mol. The topological polar surface area (TPSA) is 32.3 Å². The summed E-state index contributed by atoms with van der Waals surface area (Å²) in [5.41, 5.74) is 19.2. The fourth-order valence-electron chi connectivity index (χ4n) is 11.9. The van der Waals surface area contributed by atoms with E-state index in [2.05, 4.69) is 278 Å². The van der Waals surface area contributed by atoms with Crippen LogP contribution in [-0.2, 0) is 12.8 Å². The standard InChI is InChI=1S/C80H76N4S2/c1-3-5-7-9-11-25-35-71-53-57-75(85-71)73-55-56-74(76-58-54-72(86-76)36-26-12-10-8-6-4-2)80-79(73)81-77(63-41-37-59(38-42-63)61-45-49-69(50-46-61)83(65-27-17-13-18-28-65)66-29-19-14-20-30-66)78(82-80)64-43-39-60(40-44-64)62-47-51-70(52-48-62)84(67-31-21-15-22-32-67)68-33-23-16-24-34-68/h13-24,27-34,37-58H,3-12,25-26,35-36H2,1-2H3. The Kier molecular flexibility index (Phi) is 19.1. The van der Waals surface area contributed by atoms with Gasteiger partial charge in [0.2, 0.25) is 0 Å². The number of para-hydroxylation sites is 4. The zero-order chi connectivity index (χ0) is 58.3. The van der Waals surface area contributed by atoms with Crippen molar-refractivity contribution >= 4 is 67.8 Å².